The molecule has 1 rings (SSSR count). The van der Waals surface area contributed by atoms with Crippen LogP contribution in [-0.4, -0.2) is 17.7 Å². The first-order valence-corrected chi connectivity index (χ1v) is 6.60. The lowest BCUT2D eigenvalue weighted by Gasteiger charge is -2.23. The second-order valence-corrected chi connectivity index (χ2v) is 5.63. The second-order valence-electron chi connectivity index (χ2n) is 5.63. The highest BCUT2D eigenvalue weighted by atomic mass is 16.7. The van der Waals surface area contributed by atoms with E-state index in [2.05, 4.69) is 11.9 Å². The first-order valence-electron chi connectivity index (χ1n) is 6.60. The fourth-order valence-corrected chi connectivity index (χ4v) is 1.42. The van der Waals surface area contributed by atoms with Crippen LogP contribution in [-0.2, 0) is 14.3 Å². The maximum Gasteiger partial charge on any atom is 0.510 e. The van der Waals surface area contributed by atoms with Crippen LogP contribution in [0.2, 0.25) is 0 Å². The molecule has 0 fully saturated rings. The molecule has 0 spiro atoms. The van der Waals surface area contributed by atoms with E-state index in [0.29, 0.717) is 11.1 Å². The lowest BCUT2D eigenvalue weighted by molar-refractivity contribution is -0.121. The van der Waals surface area contributed by atoms with Crippen LogP contribution in [0.4, 0.5) is 4.79 Å². The molecule has 5 heteroatoms. The zero-order chi connectivity index (χ0) is 16.0. The molecule has 1 unspecified atom stereocenters. The molecule has 0 aliphatic carbocycles. The average molecular weight is 291 g/mol. The van der Waals surface area contributed by atoms with Crippen LogP contribution >= 0.6 is 0 Å². The highest BCUT2D eigenvalue weighted by Crippen LogP contribution is 2.17. The minimum absolute atomic E-state index is 0.323. The molecule has 0 bridgehead atoms. The van der Waals surface area contributed by atoms with E-state index < -0.39 is 23.9 Å². The van der Waals surface area contributed by atoms with E-state index in [1.165, 1.54) is 0 Å². The van der Waals surface area contributed by atoms with E-state index in [1.54, 1.807) is 52.0 Å². The average Bonchev–Trinajstić information content (AvgIpc) is 2.36. The van der Waals surface area contributed by atoms with E-state index in [1.807, 2.05) is 6.07 Å². The number of hydrogen-bond acceptors (Lipinski definition) is 4. The smallest absolute Gasteiger partial charge is 0.429 e. The lowest BCUT2D eigenvalue weighted by Crippen LogP contribution is -2.34. The van der Waals surface area contributed by atoms with Crippen molar-refractivity contribution in [3.8, 4) is 0 Å². The van der Waals surface area contributed by atoms with E-state index in [9.17, 15) is 9.59 Å². The fraction of sp³-hybridized carbons (Fsp3) is 0.375. The maximum absolute atomic E-state index is 11.8. The van der Waals surface area contributed by atoms with Crippen LogP contribution in [0.15, 0.2) is 42.5 Å². The Morgan fingerprint density at radius 1 is 1.19 bits per heavy atom. The number of carbonyl (C=O) groups excluding carboxylic acids is 2. The van der Waals surface area contributed by atoms with Gasteiger partial charge in [0.15, 0.2) is 0 Å². The predicted octanol–water partition coefficient (Wildman–Crippen LogP) is 3.33. The van der Waals surface area contributed by atoms with Gasteiger partial charge in [0.05, 0.1) is 0 Å². The Labute approximate surface area is 124 Å². The summed E-state index contributed by atoms with van der Waals surface area (Å²) in [5.41, 5.74) is 0.290. The van der Waals surface area contributed by atoms with E-state index in [-0.39, 0.29) is 0 Å². The Morgan fingerprint density at radius 3 is 2.24 bits per heavy atom. The van der Waals surface area contributed by atoms with E-state index >= 15 is 0 Å². The van der Waals surface area contributed by atoms with Crippen LogP contribution in [0.5, 0.6) is 0 Å². The molecule has 0 radical (unpaired) electrons. The minimum atomic E-state index is -0.926. The fourth-order valence-electron chi connectivity index (χ4n) is 1.42. The summed E-state index contributed by atoms with van der Waals surface area (Å²) in [7, 11) is 0. The molecule has 1 aromatic carbocycles. The van der Waals surface area contributed by atoms with Crippen molar-refractivity contribution in [1.82, 2.24) is 5.32 Å². The van der Waals surface area contributed by atoms with Gasteiger partial charge in [0.2, 0.25) is 12.1 Å². The number of ether oxygens (including phenoxy) is 2. The van der Waals surface area contributed by atoms with Gasteiger partial charge in [0, 0.05) is 11.1 Å². The monoisotopic (exact) mass is 291 g/mol. The van der Waals surface area contributed by atoms with E-state index in [0.717, 1.165) is 0 Å². The standard InChI is InChI=1S/C16H21NO4/c1-11(2)13(18)17-14(12-9-7-6-8-10-12)20-15(19)21-16(3,4)5/h6-10,14H,1H2,2-5H3,(H,17,18). The van der Waals surface area contributed by atoms with Crippen molar-refractivity contribution in [2.75, 3.05) is 0 Å². The first kappa shape index (κ1) is 16.8. The summed E-state index contributed by atoms with van der Waals surface area (Å²) in [6.45, 7) is 10.3. The Kier molecular flexibility index (Phi) is 5.52. The van der Waals surface area contributed by atoms with Crippen molar-refractivity contribution < 1.29 is 19.1 Å². The van der Waals surface area contributed by atoms with Gasteiger partial charge in [-0.15, -0.1) is 0 Å². The quantitative estimate of drug-likeness (QED) is 0.525. The zero-order valence-electron chi connectivity index (χ0n) is 12.8. The highest BCUT2D eigenvalue weighted by molar-refractivity contribution is 5.92. The number of rotatable bonds is 4. The summed E-state index contributed by atoms with van der Waals surface area (Å²) < 4.78 is 10.3. The molecule has 0 saturated heterocycles. The Bertz CT molecular complexity index is 517. The predicted molar refractivity (Wildman–Crippen MR) is 79.5 cm³/mol. The van der Waals surface area contributed by atoms with Gasteiger partial charge in [0.25, 0.3) is 0 Å². The van der Waals surface area contributed by atoms with Gasteiger partial charge >= 0.3 is 6.16 Å². The van der Waals surface area contributed by atoms with Crippen molar-refractivity contribution in [2.24, 2.45) is 0 Å². The van der Waals surface area contributed by atoms with Gasteiger partial charge in [-0.2, -0.15) is 0 Å². The van der Waals surface area contributed by atoms with Crippen LogP contribution < -0.4 is 5.32 Å². The third-order valence-corrected chi connectivity index (χ3v) is 2.36. The van der Waals surface area contributed by atoms with Crippen LogP contribution in [0.1, 0.15) is 39.5 Å². The summed E-state index contributed by atoms with van der Waals surface area (Å²) in [6.07, 6.45) is -1.77. The summed E-state index contributed by atoms with van der Waals surface area (Å²) in [6, 6.07) is 8.89. The number of amides is 1. The van der Waals surface area contributed by atoms with Crippen LogP contribution in [0.3, 0.4) is 0 Å². The normalized spacial score (nSPS) is 12.2. The number of nitrogens with one attached hydrogen (secondary N) is 1. The van der Waals surface area contributed by atoms with Crippen molar-refractivity contribution in [1.29, 1.82) is 0 Å². The Morgan fingerprint density at radius 2 is 1.76 bits per heavy atom. The molecule has 1 atom stereocenters. The zero-order valence-corrected chi connectivity index (χ0v) is 12.8. The molecule has 0 saturated carbocycles. The van der Waals surface area contributed by atoms with Crippen molar-refractivity contribution in [2.45, 2.75) is 39.5 Å². The molecule has 1 amide bonds. The van der Waals surface area contributed by atoms with Gasteiger partial charge in [-0.1, -0.05) is 36.9 Å². The molecule has 5 nitrogen and oxygen atoms in total. The molecule has 114 valence electrons. The third kappa shape index (κ3) is 6.12. The third-order valence-electron chi connectivity index (χ3n) is 2.36. The summed E-state index contributed by atoms with van der Waals surface area (Å²) >= 11 is 0. The molecule has 1 N–H and O–H groups in total. The molecule has 0 aromatic heterocycles. The van der Waals surface area contributed by atoms with Gasteiger partial charge in [-0.3, -0.25) is 4.79 Å². The van der Waals surface area contributed by atoms with Crippen LogP contribution in [0, 0.1) is 0 Å². The molecule has 1 aromatic rings. The Balaban J connectivity index is 2.85. The molecular formula is C16H21NO4. The van der Waals surface area contributed by atoms with Crippen LogP contribution in [0.25, 0.3) is 0 Å². The molecule has 0 heterocycles. The summed E-state index contributed by atoms with van der Waals surface area (Å²) in [5, 5.41) is 2.59. The largest absolute Gasteiger partial charge is 0.510 e. The number of benzene rings is 1. The molecule has 0 aliphatic heterocycles. The second kappa shape index (κ2) is 6.92. The Hall–Kier alpha value is -2.30. The maximum atomic E-state index is 11.8. The summed E-state index contributed by atoms with van der Waals surface area (Å²) in [5.74, 6) is -0.396. The van der Waals surface area contributed by atoms with E-state index in [4.69, 9.17) is 9.47 Å². The van der Waals surface area contributed by atoms with Crippen molar-refractivity contribution in [3.63, 3.8) is 0 Å². The molecule has 21 heavy (non-hydrogen) atoms. The SMILES string of the molecule is C=C(C)C(=O)NC(OC(=O)OC(C)(C)C)c1ccccc1. The summed E-state index contributed by atoms with van der Waals surface area (Å²) in [4.78, 5) is 23.5. The van der Waals surface area contributed by atoms with Crippen molar-refractivity contribution >= 4 is 12.1 Å². The first-order chi connectivity index (χ1) is 9.69. The number of carbonyl (C=O) groups is 2. The van der Waals surface area contributed by atoms with Gasteiger partial charge in [-0.05, 0) is 27.7 Å². The minimum Gasteiger partial charge on any atom is -0.429 e. The molecular weight excluding hydrogens is 270 g/mol. The van der Waals surface area contributed by atoms with Crippen molar-refractivity contribution in [3.05, 3.63) is 48.0 Å². The topological polar surface area (TPSA) is 64.6 Å². The molecule has 0 aliphatic rings. The number of hydrogen-bond donors (Lipinski definition) is 1. The van der Waals surface area contributed by atoms with Gasteiger partial charge < -0.3 is 14.8 Å². The highest BCUT2D eigenvalue weighted by Gasteiger charge is 2.23. The van der Waals surface area contributed by atoms with Gasteiger partial charge in [-0.25, -0.2) is 4.79 Å². The lowest BCUT2D eigenvalue weighted by atomic mass is 10.2. The van der Waals surface area contributed by atoms with Gasteiger partial charge in [0.1, 0.15) is 5.60 Å².